The number of nitrogens with one attached hydrogen (secondary N) is 1. The molecule has 3 N–H and O–H groups in total. The van der Waals surface area contributed by atoms with E-state index >= 15 is 0 Å². The Hall–Kier alpha value is -0.640. The number of guanidine groups is 1. The zero-order chi connectivity index (χ0) is 13.8. The lowest BCUT2D eigenvalue weighted by molar-refractivity contribution is 0.493. The van der Waals surface area contributed by atoms with Crippen molar-refractivity contribution in [2.45, 2.75) is 46.1 Å². The summed E-state index contributed by atoms with van der Waals surface area (Å²) in [6, 6.07) is 0.410. The first-order chi connectivity index (χ1) is 8.56. The zero-order valence-electron chi connectivity index (χ0n) is 12.1. The van der Waals surface area contributed by atoms with Crippen LogP contribution in [0.1, 0.15) is 40.0 Å². The fraction of sp³-hybridized carbons (Fsp3) is 0.786. The lowest BCUT2D eigenvalue weighted by Crippen LogP contribution is -2.38. The van der Waals surface area contributed by atoms with Crippen LogP contribution >= 0.6 is 11.8 Å². The fourth-order valence-corrected chi connectivity index (χ4v) is 2.15. The first-order valence-electron chi connectivity index (χ1n) is 6.81. The van der Waals surface area contributed by atoms with Crippen LogP contribution in [0.5, 0.6) is 0 Å². The van der Waals surface area contributed by atoms with Gasteiger partial charge < -0.3 is 11.1 Å². The summed E-state index contributed by atoms with van der Waals surface area (Å²) in [5.74, 6) is 3.33. The lowest BCUT2D eigenvalue weighted by atomic mass is 10.0. The standard InChI is InChI=1S/C14H29N3S/c1-5-10-18-11-9-16-14(15)17-13(4)8-6-7-12(2)3/h5,12-13H,1,6-11H2,2-4H3,(H3,15,16,17). The summed E-state index contributed by atoms with van der Waals surface area (Å²) in [6.07, 6.45) is 5.59. The highest BCUT2D eigenvalue weighted by Gasteiger charge is 2.03. The van der Waals surface area contributed by atoms with Crippen molar-refractivity contribution in [3.05, 3.63) is 12.7 Å². The molecular weight excluding hydrogens is 242 g/mol. The summed E-state index contributed by atoms with van der Waals surface area (Å²) in [6.45, 7) is 11.1. The van der Waals surface area contributed by atoms with Gasteiger partial charge in [0.15, 0.2) is 5.96 Å². The molecule has 0 heterocycles. The highest BCUT2D eigenvalue weighted by molar-refractivity contribution is 7.99. The van der Waals surface area contributed by atoms with Gasteiger partial charge in [-0.05, 0) is 19.3 Å². The summed E-state index contributed by atoms with van der Waals surface area (Å²) < 4.78 is 0. The van der Waals surface area contributed by atoms with Crippen molar-refractivity contribution in [3.8, 4) is 0 Å². The van der Waals surface area contributed by atoms with Gasteiger partial charge in [0.05, 0.1) is 6.54 Å². The van der Waals surface area contributed by atoms with Crippen LogP contribution < -0.4 is 11.1 Å². The predicted octanol–water partition coefficient (Wildman–Crippen LogP) is 3.02. The van der Waals surface area contributed by atoms with Crippen molar-refractivity contribution in [1.82, 2.24) is 5.32 Å². The summed E-state index contributed by atoms with van der Waals surface area (Å²) in [7, 11) is 0. The molecule has 0 aromatic carbocycles. The van der Waals surface area contributed by atoms with E-state index in [1.807, 2.05) is 17.8 Å². The second kappa shape index (κ2) is 11.5. The Labute approximate surface area is 117 Å². The van der Waals surface area contributed by atoms with E-state index in [1.54, 1.807) is 0 Å². The predicted molar refractivity (Wildman–Crippen MR) is 85.3 cm³/mol. The minimum absolute atomic E-state index is 0.410. The van der Waals surface area contributed by atoms with Crippen molar-refractivity contribution < 1.29 is 0 Å². The number of thioether (sulfide) groups is 1. The van der Waals surface area contributed by atoms with E-state index < -0.39 is 0 Å². The number of hydrogen-bond donors (Lipinski definition) is 2. The Balaban J connectivity index is 3.61. The van der Waals surface area contributed by atoms with Crippen LogP contribution in [0.4, 0.5) is 0 Å². The topological polar surface area (TPSA) is 50.4 Å². The quantitative estimate of drug-likeness (QED) is 0.278. The molecule has 4 heteroatoms. The Morgan fingerprint density at radius 3 is 2.72 bits per heavy atom. The maximum atomic E-state index is 5.83. The van der Waals surface area contributed by atoms with Gasteiger partial charge in [0.2, 0.25) is 0 Å². The molecule has 0 aliphatic carbocycles. The number of hydrogen-bond acceptors (Lipinski definition) is 2. The van der Waals surface area contributed by atoms with Crippen LogP contribution in [0.2, 0.25) is 0 Å². The smallest absolute Gasteiger partial charge is 0.188 e. The summed E-state index contributed by atoms with van der Waals surface area (Å²) in [4.78, 5) is 4.31. The molecule has 0 bridgehead atoms. The molecule has 0 amide bonds. The Morgan fingerprint density at radius 2 is 2.11 bits per heavy atom. The first kappa shape index (κ1) is 17.4. The molecule has 0 saturated heterocycles. The van der Waals surface area contributed by atoms with E-state index in [2.05, 4.69) is 37.7 Å². The summed E-state index contributed by atoms with van der Waals surface area (Å²) in [5.41, 5.74) is 5.83. The van der Waals surface area contributed by atoms with E-state index in [-0.39, 0.29) is 0 Å². The van der Waals surface area contributed by atoms with Crippen LogP contribution in [0.25, 0.3) is 0 Å². The van der Waals surface area contributed by atoms with Crippen LogP contribution in [-0.2, 0) is 0 Å². The molecule has 1 atom stereocenters. The molecule has 0 aromatic heterocycles. The average Bonchev–Trinajstić information content (AvgIpc) is 2.28. The van der Waals surface area contributed by atoms with Crippen molar-refractivity contribution >= 4 is 17.7 Å². The van der Waals surface area contributed by atoms with E-state index in [9.17, 15) is 0 Å². The van der Waals surface area contributed by atoms with Crippen molar-refractivity contribution in [3.63, 3.8) is 0 Å². The van der Waals surface area contributed by atoms with Gasteiger partial charge in [0, 0.05) is 17.5 Å². The molecule has 106 valence electrons. The fourth-order valence-electron chi connectivity index (χ4n) is 1.60. The third kappa shape index (κ3) is 11.8. The van der Waals surface area contributed by atoms with Gasteiger partial charge in [-0.2, -0.15) is 11.8 Å². The summed E-state index contributed by atoms with van der Waals surface area (Å²) in [5, 5.41) is 3.24. The van der Waals surface area contributed by atoms with Gasteiger partial charge in [-0.1, -0.05) is 32.8 Å². The molecule has 1 unspecified atom stereocenters. The van der Waals surface area contributed by atoms with Gasteiger partial charge in [-0.25, -0.2) is 0 Å². The maximum Gasteiger partial charge on any atom is 0.188 e. The van der Waals surface area contributed by atoms with E-state index in [4.69, 9.17) is 5.73 Å². The zero-order valence-corrected chi connectivity index (χ0v) is 12.9. The van der Waals surface area contributed by atoms with Crippen LogP contribution in [-0.4, -0.2) is 30.1 Å². The average molecular weight is 271 g/mol. The van der Waals surface area contributed by atoms with Gasteiger partial charge in [0.25, 0.3) is 0 Å². The van der Waals surface area contributed by atoms with Gasteiger partial charge in [-0.15, -0.1) is 6.58 Å². The molecule has 3 nitrogen and oxygen atoms in total. The number of nitrogens with zero attached hydrogens (tertiary/aromatic N) is 1. The van der Waals surface area contributed by atoms with Crippen molar-refractivity contribution in [1.29, 1.82) is 0 Å². The van der Waals surface area contributed by atoms with Gasteiger partial charge >= 0.3 is 0 Å². The molecule has 18 heavy (non-hydrogen) atoms. The normalized spacial score (nSPS) is 13.7. The molecule has 0 radical (unpaired) electrons. The SMILES string of the molecule is C=CCSCCN=C(N)NC(C)CCCC(C)C. The third-order valence-corrected chi connectivity index (χ3v) is 3.51. The first-order valence-corrected chi connectivity index (χ1v) is 7.96. The number of aliphatic imine (C=N–C) groups is 1. The van der Waals surface area contributed by atoms with Gasteiger partial charge in [-0.3, -0.25) is 4.99 Å². The van der Waals surface area contributed by atoms with Crippen molar-refractivity contribution in [2.24, 2.45) is 16.6 Å². The van der Waals surface area contributed by atoms with Gasteiger partial charge in [0.1, 0.15) is 0 Å². The molecule has 0 saturated carbocycles. The van der Waals surface area contributed by atoms with Crippen molar-refractivity contribution in [2.75, 3.05) is 18.1 Å². The third-order valence-electron chi connectivity index (χ3n) is 2.57. The molecule has 0 aromatic rings. The van der Waals surface area contributed by atoms with Crippen LogP contribution in [0.3, 0.4) is 0 Å². The molecule has 0 aliphatic heterocycles. The minimum Gasteiger partial charge on any atom is -0.370 e. The second-order valence-corrected chi connectivity index (χ2v) is 6.15. The Bertz CT molecular complexity index is 239. The van der Waals surface area contributed by atoms with E-state index in [1.165, 1.54) is 12.8 Å². The van der Waals surface area contributed by atoms with E-state index in [0.717, 1.165) is 30.4 Å². The van der Waals surface area contributed by atoms with E-state index in [0.29, 0.717) is 12.0 Å². The maximum absolute atomic E-state index is 5.83. The molecular formula is C14H29N3S. The van der Waals surface area contributed by atoms with Crippen LogP contribution in [0.15, 0.2) is 17.6 Å². The highest BCUT2D eigenvalue weighted by Crippen LogP contribution is 2.08. The monoisotopic (exact) mass is 271 g/mol. The highest BCUT2D eigenvalue weighted by atomic mass is 32.2. The Kier molecular flexibility index (Phi) is 11.0. The van der Waals surface area contributed by atoms with Crippen LogP contribution in [0, 0.1) is 5.92 Å². The number of nitrogens with two attached hydrogens (primary N) is 1. The molecule has 0 aliphatic rings. The largest absolute Gasteiger partial charge is 0.370 e. The minimum atomic E-state index is 0.410. The molecule has 0 rings (SSSR count). The summed E-state index contributed by atoms with van der Waals surface area (Å²) >= 11 is 1.82. The molecule has 0 fully saturated rings. The molecule has 0 spiro atoms. The second-order valence-electron chi connectivity index (χ2n) is 5.00. The number of rotatable bonds is 10. The lowest BCUT2D eigenvalue weighted by Gasteiger charge is -2.15. The Morgan fingerprint density at radius 1 is 1.39 bits per heavy atom.